The minimum absolute atomic E-state index is 0.0372. The van der Waals surface area contributed by atoms with Gasteiger partial charge in [0.15, 0.2) is 12.1 Å². The SMILES string of the molecule is C[C@@H]1C[C@@H](C)OC([C@@H](C)[C@H]2CCC3C4CCC5=CC(=O)CC[C@]5(C)[C@H]4CC[C@@]32C)O1. The molecule has 0 amide bonds. The molecule has 1 aliphatic heterocycles. The van der Waals surface area contributed by atoms with Crippen LogP contribution in [0.2, 0.25) is 0 Å². The van der Waals surface area contributed by atoms with Crippen molar-refractivity contribution in [1.82, 2.24) is 0 Å². The van der Waals surface area contributed by atoms with E-state index in [9.17, 15) is 4.79 Å². The van der Waals surface area contributed by atoms with Crippen molar-refractivity contribution < 1.29 is 14.3 Å². The fraction of sp³-hybridized carbons (Fsp3) is 0.889. The molecule has 0 aromatic rings. The average Bonchev–Trinajstić information content (AvgIpc) is 3.04. The highest BCUT2D eigenvalue weighted by atomic mass is 16.7. The Hall–Kier alpha value is -0.670. The maximum atomic E-state index is 12.1. The van der Waals surface area contributed by atoms with E-state index >= 15 is 0 Å². The molecule has 1 heterocycles. The maximum Gasteiger partial charge on any atom is 0.161 e. The van der Waals surface area contributed by atoms with Crippen LogP contribution in [0.1, 0.15) is 92.4 Å². The van der Waals surface area contributed by atoms with Crippen molar-refractivity contribution in [2.24, 2.45) is 40.4 Å². The monoisotopic (exact) mass is 414 g/mol. The maximum absolute atomic E-state index is 12.1. The Morgan fingerprint density at radius 2 is 1.70 bits per heavy atom. The van der Waals surface area contributed by atoms with Crippen molar-refractivity contribution in [2.75, 3.05) is 0 Å². The van der Waals surface area contributed by atoms with Crippen LogP contribution in [0.4, 0.5) is 0 Å². The summed E-state index contributed by atoms with van der Waals surface area (Å²) < 4.78 is 12.6. The third-order valence-corrected chi connectivity index (χ3v) is 10.5. The molecule has 9 atom stereocenters. The Balaban J connectivity index is 1.37. The van der Waals surface area contributed by atoms with E-state index < -0.39 is 0 Å². The van der Waals surface area contributed by atoms with Gasteiger partial charge in [-0.25, -0.2) is 0 Å². The first-order valence-corrected chi connectivity index (χ1v) is 12.8. The van der Waals surface area contributed by atoms with Gasteiger partial charge in [0.1, 0.15) is 0 Å². The fourth-order valence-corrected chi connectivity index (χ4v) is 8.97. The van der Waals surface area contributed by atoms with Gasteiger partial charge in [0.25, 0.3) is 0 Å². The number of ketones is 1. The van der Waals surface area contributed by atoms with E-state index in [4.69, 9.17) is 9.47 Å². The number of ether oxygens (including phenoxy) is 2. The van der Waals surface area contributed by atoms with Crippen LogP contribution < -0.4 is 0 Å². The number of hydrogen-bond donors (Lipinski definition) is 0. The lowest BCUT2D eigenvalue weighted by Crippen LogP contribution is -2.52. The van der Waals surface area contributed by atoms with Gasteiger partial charge in [-0.05, 0) is 106 Å². The molecule has 0 bridgehead atoms. The molecule has 0 radical (unpaired) electrons. The first-order valence-electron chi connectivity index (χ1n) is 12.8. The van der Waals surface area contributed by atoms with Gasteiger partial charge in [0, 0.05) is 12.3 Å². The molecule has 3 heteroatoms. The summed E-state index contributed by atoms with van der Waals surface area (Å²) >= 11 is 0. The highest BCUT2D eigenvalue weighted by Gasteiger charge is 2.60. The van der Waals surface area contributed by atoms with Gasteiger partial charge in [-0.2, -0.15) is 0 Å². The fourth-order valence-electron chi connectivity index (χ4n) is 8.97. The van der Waals surface area contributed by atoms with Gasteiger partial charge in [-0.3, -0.25) is 4.79 Å². The van der Waals surface area contributed by atoms with Crippen LogP contribution in [0.15, 0.2) is 11.6 Å². The third-order valence-electron chi connectivity index (χ3n) is 10.5. The lowest BCUT2D eigenvalue weighted by molar-refractivity contribution is -0.265. The molecule has 0 N–H and O–H groups in total. The molecule has 3 nitrogen and oxygen atoms in total. The van der Waals surface area contributed by atoms with E-state index in [1.54, 1.807) is 0 Å². The minimum Gasteiger partial charge on any atom is -0.349 e. The largest absolute Gasteiger partial charge is 0.349 e. The first-order chi connectivity index (χ1) is 14.2. The van der Waals surface area contributed by atoms with Crippen LogP contribution in [0.5, 0.6) is 0 Å². The molecule has 3 saturated carbocycles. The zero-order chi connectivity index (χ0) is 21.3. The zero-order valence-corrected chi connectivity index (χ0v) is 19.8. The summed E-state index contributed by atoms with van der Waals surface area (Å²) in [4.78, 5) is 12.1. The molecule has 0 spiro atoms. The number of carbonyl (C=O) groups is 1. The Labute approximate surface area is 183 Å². The normalized spacial score (nSPS) is 52.1. The van der Waals surface area contributed by atoms with Crippen LogP contribution >= 0.6 is 0 Å². The number of hydrogen-bond acceptors (Lipinski definition) is 3. The van der Waals surface area contributed by atoms with Crippen molar-refractivity contribution >= 4 is 5.78 Å². The van der Waals surface area contributed by atoms with Crippen molar-refractivity contribution in [1.29, 1.82) is 0 Å². The number of rotatable bonds is 2. The van der Waals surface area contributed by atoms with E-state index in [1.807, 2.05) is 6.08 Å². The molecule has 1 saturated heterocycles. The van der Waals surface area contributed by atoms with Gasteiger partial charge in [-0.15, -0.1) is 0 Å². The molecule has 30 heavy (non-hydrogen) atoms. The second kappa shape index (κ2) is 7.44. The van der Waals surface area contributed by atoms with Crippen molar-refractivity contribution in [3.8, 4) is 0 Å². The molecule has 5 rings (SSSR count). The predicted molar refractivity (Wildman–Crippen MR) is 119 cm³/mol. The van der Waals surface area contributed by atoms with Gasteiger partial charge >= 0.3 is 0 Å². The average molecular weight is 415 g/mol. The molecule has 0 aromatic heterocycles. The highest BCUT2D eigenvalue weighted by Crippen LogP contribution is 2.67. The lowest BCUT2D eigenvalue weighted by Gasteiger charge is -2.58. The zero-order valence-electron chi connectivity index (χ0n) is 19.8. The van der Waals surface area contributed by atoms with Crippen LogP contribution in [0.25, 0.3) is 0 Å². The van der Waals surface area contributed by atoms with E-state index in [2.05, 4.69) is 34.6 Å². The summed E-state index contributed by atoms with van der Waals surface area (Å²) in [6.07, 6.45) is 13.3. The number of fused-ring (bicyclic) bond motifs is 5. The topological polar surface area (TPSA) is 35.5 Å². The molecule has 5 aliphatic rings. The van der Waals surface area contributed by atoms with Gasteiger partial charge in [-0.1, -0.05) is 26.3 Å². The third kappa shape index (κ3) is 3.17. The van der Waals surface area contributed by atoms with Gasteiger partial charge in [0.05, 0.1) is 12.2 Å². The highest BCUT2D eigenvalue weighted by molar-refractivity contribution is 5.91. The summed E-state index contributed by atoms with van der Waals surface area (Å²) in [5.41, 5.74) is 2.18. The molecule has 0 aromatic carbocycles. The molecule has 4 aliphatic carbocycles. The van der Waals surface area contributed by atoms with Crippen molar-refractivity contribution in [3.63, 3.8) is 0 Å². The van der Waals surface area contributed by atoms with Crippen molar-refractivity contribution in [2.45, 2.75) is 111 Å². The smallest absolute Gasteiger partial charge is 0.161 e. The summed E-state index contributed by atoms with van der Waals surface area (Å²) in [5.74, 6) is 3.97. The van der Waals surface area contributed by atoms with Crippen LogP contribution in [0, 0.1) is 40.4 Å². The molecule has 4 fully saturated rings. The molecule has 2 unspecified atom stereocenters. The molecular formula is C27H42O3. The molecular weight excluding hydrogens is 372 g/mol. The van der Waals surface area contributed by atoms with Crippen LogP contribution in [-0.2, 0) is 14.3 Å². The summed E-state index contributed by atoms with van der Waals surface area (Å²) in [6, 6.07) is 0. The summed E-state index contributed by atoms with van der Waals surface area (Å²) in [6.45, 7) is 11.9. The second-order valence-corrected chi connectivity index (χ2v) is 12.1. The van der Waals surface area contributed by atoms with E-state index in [0.717, 1.165) is 43.4 Å². The minimum atomic E-state index is -0.0372. The van der Waals surface area contributed by atoms with Crippen LogP contribution in [-0.4, -0.2) is 24.3 Å². The van der Waals surface area contributed by atoms with Crippen LogP contribution in [0.3, 0.4) is 0 Å². The second-order valence-electron chi connectivity index (χ2n) is 12.1. The summed E-state index contributed by atoms with van der Waals surface area (Å²) in [5, 5.41) is 0. The Kier molecular flexibility index (Phi) is 5.26. The van der Waals surface area contributed by atoms with E-state index in [-0.39, 0.29) is 11.7 Å². The van der Waals surface area contributed by atoms with E-state index in [1.165, 1.54) is 37.7 Å². The van der Waals surface area contributed by atoms with Gasteiger partial charge < -0.3 is 9.47 Å². The number of allylic oxidation sites excluding steroid dienone is 1. The van der Waals surface area contributed by atoms with Crippen molar-refractivity contribution in [3.05, 3.63) is 11.6 Å². The quantitative estimate of drug-likeness (QED) is 0.531. The Morgan fingerprint density at radius 1 is 0.967 bits per heavy atom. The molecule has 168 valence electrons. The summed E-state index contributed by atoms with van der Waals surface area (Å²) in [7, 11) is 0. The Bertz CT molecular complexity index is 718. The lowest BCUT2D eigenvalue weighted by atomic mass is 9.46. The Morgan fingerprint density at radius 3 is 2.43 bits per heavy atom. The first kappa shape index (κ1) is 21.2. The van der Waals surface area contributed by atoms with Gasteiger partial charge in [0.2, 0.25) is 0 Å². The number of carbonyl (C=O) groups excluding carboxylic acids is 1. The van der Waals surface area contributed by atoms with E-state index in [0.29, 0.717) is 35.2 Å². The standard InChI is InChI=1S/C27H42O3/c1-16-14-17(2)30-25(29-16)18(3)22-8-9-23-21-7-6-19-15-20(28)10-12-26(19,4)24(21)11-13-27(22,23)5/h15-18,21-25H,6-14H2,1-5H3/t16-,17-,18+,21?,22-,23?,24+,26+,27-/m1/s1. The predicted octanol–water partition coefficient (Wildman–Crippen LogP) is 6.31.